The van der Waals surface area contributed by atoms with Gasteiger partial charge in [-0.05, 0) is 31.4 Å². The predicted octanol–water partition coefficient (Wildman–Crippen LogP) is 2.54. The summed E-state index contributed by atoms with van der Waals surface area (Å²) < 4.78 is 4.80. The van der Waals surface area contributed by atoms with Crippen LogP contribution in [0.2, 0.25) is 0 Å². The Labute approximate surface area is 116 Å². The smallest absolute Gasteiger partial charge is 0.348 e. The van der Waals surface area contributed by atoms with Gasteiger partial charge >= 0.3 is 5.97 Å². The van der Waals surface area contributed by atoms with E-state index in [1.807, 2.05) is 6.07 Å². The van der Waals surface area contributed by atoms with Crippen molar-refractivity contribution in [2.75, 3.05) is 6.61 Å². The first-order valence-corrected chi connectivity index (χ1v) is 5.99. The van der Waals surface area contributed by atoms with Gasteiger partial charge in [-0.2, -0.15) is 5.26 Å². The molecule has 0 amide bonds. The molecular formula is C14H14N2O4. The van der Waals surface area contributed by atoms with E-state index in [4.69, 9.17) is 10.00 Å². The Morgan fingerprint density at radius 3 is 2.45 bits per heavy atom. The summed E-state index contributed by atoms with van der Waals surface area (Å²) in [6.45, 7) is 3.53. The molecule has 20 heavy (non-hydrogen) atoms. The number of hydrogen-bond donors (Lipinski definition) is 0. The molecule has 6 heteroatoms. The van der Waals surface area contributed by atoms with Crippen LogP contribution in [0.5, 0.6) is 0 Å². The molecular weight excluding hydrogens is 260 g/mol. The Kier molecular flexibility index (Phi) is 5.42. The third-order valence-corrected chi connectivity index (χ3v) is 2.63. The summed E-state index contributed by atoms with van der Waals surface area (Å²) in [5, 5.41) is 19.5. The highest BCUT2D eigenvalue weighted by atomic mass is 16.6. The quantitative estimate of drug-likeness (QED) is 0.270. The molecule has 0 unspecified atom stereocenters. The summed E-state index contributed by atoms with van der Waals surface area (Å²) in [4.78, 5) is 21.6. The van der Waals surface area contributed by atoms with Crippen LogP contribution in [0.1, 0.15) is 19.4 Å². The summed E-state index contributed by atoms with van der Waals surface area (Å²) in [6.07, 6.45) is 0.361. The fourth-order valence-electron chi connectivity index (χ4n) is 1.65. The molecule has 0 N–H and O–H groups in total. The summed E-state index contributed by atoms with van der Waals surface area (Å²) >= 11 is 0. The minimum absolute atomic E-state index is 0.00119. The topological polar surface area (TPSA) is 93.2 Å². The Hall–Kier alpha value is -2.68. The van der Waals surface area contributed by atoms with Crippen LogP contribution in [0, 0.1) is 21.4 Å². The highest BCUT2D eigenvalue weighted by Gasteiger charge is 2.14. The second kappa shape index (κ2) is 7.04. The fraction of sp³-hybridized carbons (Fsp3) is 0.286. The van der Waals surface area contributed by atoms with E-state index in [2.05, 4.69) is 0 Å². The number of nitro benzene ring substituents is 1. The zero-order valence-electron chi connectivity index (χ0n) is 11.3. The number of hydrogen-bond acceptors (Lipinski definition) is 5. The van der Waals surface area contributed by atoms with Gasteiger partial charge in [0.2, 0.25) is 0 Å². The highest BCUT2D eigenvalue weighted by Crippen LogP contribution is 2.16. The monoisotopic (exact) mass is 274 g/mol. The minimum atomic E-state index is -0.644. The SMILES string of the molecule is CCOC(=O)/C(C#N)=C(/C)Cc1ccc([N+](=O)[O-])cc1. The zero-order chi connectivity index (χ0) is 15.1. The minimum Gasteiger partial charge on any atom is -0.462 e. The lowest BCUT2D eigenvalue weighted by atomic mass is 10.0. The number of carbonyl (C=O) groups is 1. The lowest BCUT2D eigenvalue weighted by molar-refractivity contribution is -0.384. The van der Waals surface area contributed by atoms with E-state index >= 15 is 0 Å². The van der Waals surface area contributed by atoms with Crippen molar-refractivity contribution in [3.05, 3.63) is 51.1 Å². The van der Waals surface area contributed by atoms with Gasteiger partial charge < -0.3 is 4.74 Å². The summed E-state index contributed by atoms with van der Waals surface area (Å²) in [5.74, 6) is -0.644. The van der Waals surface area contributed by atoms with Crippen molar-refractivity contribution in [3.63, 3.8) is 0 Å². The van der Waals surface area contributed by atoms with Crippen LogP contribution in [-0.4, -0.2) is 17.5 Å². The van der Waals surface area contributed by atoms with Gasteiger partial charge in [-0.25, -0.2) is 4.79 Å². The number of nitrogens with zero attached hydrogens (tertiary/aromatic N) is 2. The normalized spacial score (nSPS) is 11.2. The van der Waals surface area contributed by atoms with Gasteiger partial charge in [0, 0.05) is 12.1 Å². The van der Waals surface area contributed by atoms with Crippen molar-refractivity contribution in [1.29, 1.82) is 5.26 Å². The number of rotatable bonds is 5. The molecule has 0 heterocycles. The van der Waals surface area contributed by atoms with Gasteiger partial charge in [-0.3, -0.25) is 10.1 Å². The molecule has 104 valence electrons. The van der Waals surface area contributed by atoms with E-state index in [1.165, 1.54) is 12.1 Å². The van der Waals surface area contributed by atoms with Crippen molar-refractivity contribution < 1.29 is 14.5 Å². The Morgan fingerprint density at radius 1 is 1.40 bits per heavy atom. The van der Waals surface area contributed by atoms with Crippen LogP contribution < -0.4 is 0 Å². The summed E-state index contributed by atoms with van der Waals surface area (Å²) in [5.41, 5.74) is 1.33. The molecule has 0 aliphatic heterocycles. The summed E-state index contributed by atoms with van der Waals surface area (Å²) in [7, 11) is 0. The lowest BCUT2D eigenvalue weighted by Crippen LogP contribution is -2.09. The highest BCUT2D eigenvalue weighted by molar-refractivity contribution is 5.93. The second-order valence-corrected chi connectivity index (χ2v) is 4.09. The van der Waals surface area contributed by atoms with Crippen molar-refractivity contribution in [2.45, 2.75) is 20.3 Å². The molecule has 1 aromatic carbocycles. The molecule has 0 radical (unpaired) electrons. The Balaban J connectivity index is 2.93. The molecule has 0 bridgehead atoms. The van der Waals surface area contributed by atoms with Gasteiger partial charge in [0.25, 0.3) is 5.69 Å². The molecule has 1 aromatic rings. The first kappa shape index (κ1) is 15.4. The second-order valence-electron chi connectivity index (χ2n) is 4.09. The molecule has 0 saturated carbocycles. The maximum absolute atomic E-state index is 11.6. The van der Waals surface area contributed by atoms with E-state index < -0.39 is 10.9 Å². The molecule has 6 nitrogen and oxygen atoms in total. The maximum Gasteiger partial charge on any atom is 0.348 e. The van der Waals surface area contributed by atoms with Gasteiger partial charge in [0.05, 0.1) is 11.5 Å². The fourth-order valence-corrected chi connectivity index (χ4v) is 1.65. The first-order valence-electron chi connectivity index (χ1n) is 5.99. The van der Waals surface area contributed by atoms with Crippen LogP contribution in [0.3, 0.4) is 0 Å². The number of nitro groups is 1. The van der Waals surface area contributed by atoms with Gasteiger partial charge in [0.15, 0.2) is 0 Å². The lowest BCUT2D eigenvalue weighted by Gasteiger charge is -2.05. The van der Waals surface area contributed by atoms with Crippen LogP contribution >= 0.6 is 0 Å². The number of carbonyl (C=O) groups excluding carboxylic acids is 1. The first-order chi connectivity index (χ1) is 9.49. The molecule has 0 atom stereocenters. The number of nitriles is 1. The van der Waals surface area contributed by atoms with Crippen molar-refractivity contribution >= 4 is 11.7 Å². The Morgan fingerprint density at radius 2 is 2.00 bits per heavy atom. The molecule has 0 fully saturated rings. The number of non-ortho nitro benzene ring substituents is 1. The van der Waals surface area contributed by atoms with Gasteiger partial charge in [0.1, 0.15) is 11.6 Å². The van der Waals surface area contributed by atoms with Crippen molar-refractivity contribution in [1.82, 2.24) is 0 Å². The average molecular weight is 274 g/mol. The molecule has 0 aliphatic carbocycles. The molecule has 0 aromatic heterocycles. The van der Waals surface area contributed by atoms with Crippen LogP contribution in [-0.2, 0) is 16.0 Å². The number of benzene rings is 1. The van der Waals surface area contributed by atoms with E-state index in [1.54, 1.807) is 26.0 Å². The van der Waals surface area contributed by atoms with E-state index in [-0.39, 0.29) is 17.9 Å². The number of esters is 1. The average Bonchev–Trinajstić information content (AvgIpc) is 2.40. The van der Waals surface area contributed by atoms with E-state index in [0.29, 0.717) is 12.0 Å². The van der Waals surface area contributed by atoms with E-state index in [9.17, 15) is 14.9 Å². The standard InChI is InChI=1S/C14H14N2O4/c1-3-20-14(17)13(9-15)10(2)8-11-4-6-12(7-5-11)16(18)19/h4-7H,3,8H2,1-2H3/b13-10-. The van der Waals surface area contributed by atoms with Crippen LogP contribution in [0.25, 0.3) is 0 Å². The van der Waals surface area contributed by atoms with Crippen LogP contribution in [0.4, 0.5) is 5.69 Å². The van der Waals surface area contributed by atoms with Crippen molar-refractivity contribution in [3.8, 4) is 6.07 Å². The molecule has 1 rings (SSSR count). The van der Waals surface area contributed by atoms with E-state index in [0.717, 1.165) is 5.56 Å². The van der Waals surface area contributed by atoms with Crippen LogP contribution in [0.15, 0.2) is 35.4 Å². The zero-order valence-corrected chi connectivity index (χ0v) is 11.3. The Bertz CT molecular complexity index is 582. The number of allylic oxidation sites excluding steroid dienone is 1. The molecule has 0 saturated heterocycles. The van der Waals surface area contributed by atoms with Crippen molar-refractivity contribution in [2.24, 2.45) is 0 Å². The summed E-state index contributed by atoms with van der Waals surface area (Å²) in [6, 6.07) is 7.81. The molecule has 0 spiro atoms. The predicted molar refractivity (Wildman–Crippen MR) is 71.7 cm³/mol. The third kappa shape index (κ3) is 3.92. The van der Waals surface area contributed by atoms with Gasteiger partial charge in [-0.1, -0.05) is 12.1 Å². The number of ether oxygens (including phenoxy) is 1. The largest absolute Gasteiger partial charge is 0.462 e. The molecule has 0 aliphatic rings. The van der Waals surface area contributed by atoms with Gasteiger partial charge in [-0.15, -0.1) is 0 Å². The third-order valence-electron chi connectivity index (χ3n) is 2.63. The maximum atomic E-state index is 11.6.